The number of piperidine rings is 1. The van der Waals surface area contributed by atoms with Gasteiger partial charge in [0.1, 0.15) is 6.07 Å². The summed E-state index contributed by atoms with van der Waals surface area (Å²) < 4.78 is 27.3. The molecule has 1 atom stereocenters. The van der Waals surface area contributed by atoms with Gasteiger partial charge < -0.3 is 5.32 Å². The van der Waals surface area contributed by atoms with Crippen molar-refractivity contribution >= 4 is 15.9 Å². The van der Waals surface area contributed by atoms with E-state index in [1.54, 1.807) is 12.1 Å². The van der Waals surface area contributed by atoms with E-state index in [0.29, 0.717) is 12.8 Å². The van der Waals surface area contributed by atoms with Gasteiger partial charge in [-0.2, -0.15) is 9.57 Å². The van der Waals surface area contributed by atoms with Crippen molar-refractivity contribution in [1.29, 1.82) is 5.26 Å². The highest BCUT2D eigenvalue weighted by molar-refractivity contribution is 7.89. The van der Waals surface area contributed by atoms with Crippen LogP contribution in [-0.2, 0) is 21.4 Å². The molecule has 1 N–H and O–H groups in total. The van der Waals surface area contributed by atoms with Crippen LogP contribution < -0.4 is 5.32 Å². The number of rotatable bonds is 6. The largest absolute Gasteiger partial charge is 0.352 e. The van der Waals surface area contributed by atoms with Gasteiger partial charge in [0.2, 0.25) is 15.9 Å². The molecule has 0 aromatic heterocycles. The van der Waals surface area contributed by atoms with Gasteiger partial charge in [-0.1, -0.05) is 42.5 Å². The minimum absolute atomic E-state index is 0.0195. The molecule has 2 aromatic rings. The Morgan fingerprint density at radius 2 is 1.69 bits per heavy atom. The van der Waals surface area contributed by atoms with Crippen molar-refractivity contribution in [2.24, 2.45) is 5.92 Å². The number of carbonyl (C=O) groups excluding carboxylic acids is 1. The molecule has 2 aliphatic rings. The molecule has 168 valence electrons. The predicted octanol–water partition coefficient (Wildman–Crippen LogP) is 2.35. The maximum absolute atomic E-state index is 13.0. The molecule has 2 saturated heterocycles. The second-order valence-corrected chi connectivity index (χ2v) is 10.4. The number of nitrogens with zero attached hydrogens (tertiary/aromatic N) is 3. The predicted molar refractivity (Wildman–Crippen MR) is 121 cm³/mol. The highest BCUT2D eigenvalue weighted by Gasteiger charge is 2.34. The number of sulfonamides is 1. The standard InChI is InChI=1S/C24H28N4O3S/c25-16-21-8-4-5-9-23(21)32(30,31)28-14-10-20(11-15-28)24(29)26-22-12-13-27(18-22)17-19-6-2-1-3-7-19/h1-9,20,22H,10-15,17-18H2,(H,26,29). The Balaban J connectivity index is 1.28. The van der Waals surface area contributed by atoms with E-state index in [1.807, 2.05) is 24.3 Å². The molecule has 8 heteroatoms. The van der Waals surface area contributed by atoms with Crippen LogP contribution in [0.2, 0.25) is 0 Å². The van der Waals surface area contributed by atoms with E-state index in [4.69, 9.17) is 0 Å². The molecule has 0 radical (unpaired) electrons. The molecule has 2 heterocycles. The Kier molecular flexibility index (Phi) is 6.89. The molecule has 32 heavy (non-hydrogen) atoms. The van der Waals surface area contributed by atoms with E-state index in [1.165, 1.54) is 22.0 Å². The van der Waals surface area contributed by atoms with E-state index in [0.717, 1.165) is 26.1 Å². The van der Waals surface area contributed by atoms with Gasteiger partial charge in [-0.05, 0) is 37.0 Å². The molecule has 0 bridgehead atoms. The second-order valence-electron chi connectivity index (χ2n) is 8.50. The minimum atomic E-state index is -3.74. The lowest BCUT2D eigenvalue weighted by atomic mass is 9.97. The summed E-state index contributed by atoms with van der Waals surface area (Å²) in [6, 6.07) is 18.6. The summed E-state index contributed by atoms with van der Waals surface area (Å²) in [6.45, 7) is 3.23. The fourth-order valence-corrected chi connectivity index (χ4v) is 6.15. The molecule has 7 nitrogen and oxygen atoms in total. The first-order chi connectivity index (χ1) is 15.5. The molecular weight excluding hydrogens is 424 g/mol. The van der Waals surface area contributed by atoms with Crippen LogP contribution in [0.15, 0.2) is 59.5 Å². The zero-order chi connectivity index (χ0) is 22.6. The zero-order valence-corrected chi connectivity index (χ0v) is 18.8. The van der Waals surface area contributed by atoms with Crippen molar-refractivity contribution in [2.45, 2.75) is 36.7 Å². The zero-order valence-electron chi connectivity index (χ0n) is 18.0. The van der Waals surface area contributed by atoms with Crippen LogP contribution in [0.4, 0.5) is 0 Å². The average Bonchev–Trinajstić information content (AvgIpc) is 3.26. The Labute approximate surface area is 189 Å². The van der Waals surface area contributed by atoms with E-state index >= 15 is 0 Å². The number of nitrogens with one attached hydrogen (secondary N) is 1. The Hall–Kier alpha value is -2.73. The van der Waals surface area contributed by atoms with Gasteiger partial charge in [-0.3, -0.25) is 9.69 Å². The highest BCUT2D eigenvalue weighted by Crippen LogP contribution is 2.26. The molecular formula is C24H28N4O3S. The molecule has 0 spiro atoms. The maximum Gasteiger partial charge on any atom is 0.244 e. The Morgan fingerprint density at radius 3 is 2.41 bits per heavy atom. The van der Waals surface area contributed by atoms with Crippen molar-refractivity contribution in [3.63, 3.8) is 0 Å². The van der Waals surface area contributed by atoms with Crippen molar-refractivity contribution in [1.82, 2.24) is 14.5 Å². The van der Waals surface area contributed by atoms with Gasteiger partial charge in [0.25, 0.3) is 0 Å². The van der Waals surface area contributed by atoms with E-state index in [2.05, 4.69) is 22.3 Å². The third kappa shape index (κ3) is 5.01. The van der Waals surface area contributed by atoms with Gasteiger partial charge >= 0.3 is 0 Å². The van der Waals surface area contributed by atoms with Gasteiger partial charge in [-0.25, -0.2) is 8.42 Å². The van der Waals surface area contributed by atoms with Crippen molar-refractivity contribution < 1.29 is 13.2 Å². The summed E-state index contributed by atoms with van der Waals surface area (Å²) in [6.07, 6.45) is 1.90. The molecule has 2 aliphatic heterocycles. The van der Waals surface area contributed by atoms with E-state index in [9.17, 15) is 18.5 Å². The summed E-state index contributed by atoms with van der Waals surface area (Å²) in [4.78, 5) is 15.2. The van der Waals surface area contributed by atoms with Crippen LogP contribution in [0.1, 0.15) is 30.4 Å². The van der Waals surface area contributed by atoms with Gasteiger partial charge in [0.15, 0.2) is 0 Å². The SMILES string of the molecule is N#Cc1ccccc1S(=O)(=O)N1CCC(C(=O)NC2CCN(Cc3ccccc3)C2)CC1. The Bertz CT molecular complexity index is 1090. The fourth-order valence-electron chi connectivity index (χ4n) is 4.54. The average molecular weight is 453 g/mol. The molecule has 0 aliphatic carbocycles. The summed E-state index contributed by atoms with van der Waals surface area (Å²) in [7, 11) is -3.74. The van der Waals surface area contributed by atoms with Crippen LogP contribution in [-0.4, -0.2) is 55.8 Å². The van der Waals surface area contributed by atoms with Crippen molar-refractivity contribution in [3.8, 4) is 6.07 Å². The first kappa shape index (κ1) is 22.5. The summed E-state index contributed by atoms with van der Waals surface area (Å²) in [5.41, 5.74) is 1.42. The molecule has 4 rings (SSSR count). The summed E-state index contributed by atoms with van der Waals surface area (Å²) in [5.74, 6) is -0.165. The van der Waals surface area contributed by atoms with Crippen LogP contribution in [0.5, 0.6) is 0 Å². The number of carbonyl (C=O) groups is 1. The maximum atomic E-state index is 13.0. The first-order valence-electron chi connectivity index (χ1n) is 11.0. The minimum Gasteiger partial charge on any atom is -0.352 e. The first-order valence-corrected chi connectivity index (χ1v) is 12.5. The van der Waals surface area contributed by atoms with Crippen molar-refractivity contribution in [2.75, 3.05) is 26.2 Å². The third-order valence-corrected chi connectivity index (χ3v) is 8.27. The third-order valence-electron chi connectivity index (χ3n) is 6.32. The Morgan fingerprint density at radius 1 is 1.00 bits per heavy atom. The van der Waals surface area contributed by atoms with Crippen LogP contribution in [0, 0.1) is 17.2 Å². The number of nitriles is 1. The lowest BCUT2D eigenvalue weighted by Gasteiger charge is -2.31. The normalized spacial score (nSPS) is 20.7. The lowest BCUT2D eigenvalue weighted by molar-refractivity contribution is -0.126. The van der Waals surface area contributed by atoms with Gasteiger partial charge in [-0.15, -0.1) is 0 Å². The topological polar surface area (TPSA) is 93.5 Å². The number of likely N-dealkylation sites (tertiary alicyclic amines) is 1. The van der Waals surface area contributed by atoms with Crippen LogP contribution in [0.3, 0.4) is 0 Å². The van der Waals surface area contributed by atoms with E-state index < -0.39 is 10.0 Å². The number of benzene rings is 2. The van der Waals surface area contributed by atoms with E-state index in [-0.39, 0.29) is 41.4 Å². The van der Waals surface area contributed by atoms with Crippen LogP contribution >= 0.6 is 0 Å². The molecule has 1 unspecified atom stereocenters. The quantitative estimate of drug-likeness (QED) is 0.726. The smallest absolute Gasteiger partial charge is 0.244 e. The molecule has 0 saturated carbocycles. The van der Waals surface area contributed by atoms with Crippen LogP contribution in [0.25, 0.3) is 0 Å². The second kappa shape index (κ2) is 9.82. The molecule has 2 fully saturated rings. The summed E-state index contributed by atoms with van der Waals surface area (Å²) >= 11 is 0. The van der Waals surface area contributed by atoms with Gasteiger partial charge in [0, 0.05) is 44.7 Å². The monoisotopic (exact) mass is 452 g/mol. The highest BCUT2D eigenvalue weighted by atomic mass is 32.2. The summed E-state index contributed by atoms with van der Waals surface area (Å²) in [5, 5.41) is 12.4. The van der Waals surface area contributed by atoms with Crippen molar-refractivity contribution in [3.05, 3.63) is 65.7 Å². The molecule has 1 amide bonds. The lowest BCUT2D eigenvalue weighted by Crippen LogP contribution is -2.46. The fraction of sp³-hybridized carbons (Fsp3) is 0.417. The van der Waals surface area contributed by atoms with Gasteiger partial charge in [0.05, 0.1) is 10.5 Å². The number of hydrogen-bond acceptors (Lipinski definition) is 5. The molecule has 2 aromatic carbocycles. The number of hydrogen-bond donors (Lipinski definition) is 1. The number of amides is 1.